The molecular formula is C18H24FN3O2. The average Bonchev–Trinajstić information content (AvgIpc) is 3.02. The number of ketones is 1. The molecule has 0 spiro atoms. The number of benzene rings is 1. The van der Waals surface area contributed by atoms with Gasteiger partial charge in [0.2, 0.25) is 0 Å². The Labute approximate surface area is 141 Å². The van der Waals surface area contributed by atoms with Crippen LogP contribution in [0.15, 0.2) is 24.3 Å². The van der Waals surface area contributed by atoms with E-state index in [1.54, 1.807) is 12.1 Å². The number of carbonyl (C=O) groups excluding carboxylic acids is 2. The minimum absolute atomic E-state index is 0.0679. The van der Waals surface area contributed by atoms with Gasteiger partial charge in [0.1, 0.15) is 5.82 Å². The minimum atomic E-state index is -0.318. The molecule has 2 saturated heterocycles. The number of urea groups is 1. The second kappa shape index (κ2) is 7.75. The summed E-state index contributed by atoms with van der Waals surface area (Å²) in [5.74, 6) is -0.250. The summed E-state index contributed by atoms with van der Waals surface area (Å²) in [7, 11) is 0. The zero-order valence-corrected chi connectivity index (χ0v) is 13.8. The second-order valence-electron chi connectivity index (χ2n) is 6.53. The fourth-order valence-corrected chi connectivity index (χ4v) is 3.53. The highest BCUT2D eigenvalue weighted by Gasteiger charge is 2.30. The van der Waals surface area contributed by atoms with Crippen LogP contribution in [0.5, 0.6) is 0 Å². The van der Waals surface area contributed by atoms with Crippen LogP contribution in [0, 0.1) is 5.82 Å². The SMILES string of the molecule is O=C(CCCN1CCC(N2CCNC2=O)CC1)c1ccc(F)cc1. The van der Waals surface area contributed by atoms with Gasteiger partial charge in [-0.1, -0.05) is 0 Å². The van der Waals surface area contributed by atoms with Gasteiger partial charge in [0, 0.05) is 44.2 Å². The van der Waals surface area contributed by atoms with Crippen LogP contribution in [0.4, 0.5) is 9.18 Å². The van der Waals surface area contributed by atoms with Crippen molar-refractivity contribution in [1.82, 2.24) is 15.1 Å². The first kappa shape index (κ1) is 16.9. The highest BCUT2D eigenvalue weighted by Crippen LogP contribution is 2.18. The summed E-state index contributed by atoms with van der Waals surface area (Å²) in [6.07, 6.45) is 3.30. The van der Waals surface area contributed by atoms with Crippen molar-refractivity contribution in [3.05, 3.63) is 35.6 Å². The molecule has 0 aromatic heterocycles. The molecule has 130 valence electrons. The Balaban J connectivity index is 1.37. The molecule has 2 amide bonds. The number of Topliss-reactive ketones (excluding diaryl/α,β-unsaturated/α-hetero) is 1. The van der Waals surface area contributed by atoms with Gasteiger partial charge in [0.05, 0.1) is 0 Å². The number of hydrogen-bond acceptors (Lipinski definition) is 3. The number of carbonyl (C=O) groups is 2. The molecule has 0 aliphatic carbocycles. The number of piperidine rings is 1. The molecular weight excluding hydrogens is 309 g/mol. The van der Waals surface area contributed by atoms with Crippen molar-refractivity contribution in [2.75, 3.05) is 32.7 Å². The summed E-state index contributed by atoms with van der Waals surface area (Å²) < 4.78 is 12.9. The van der Waals surface area contributed by atoms with Crippen molar-refractivity contribution in [3.63, 3.8) is 0 Å². The van der Waals surface area contributed by atoms with Gasteiger partial charge < -0.3 is 15.1 Å². The molecule has 2 aliphatic rings. The van der Waals surface area contributed by atoms with Gasteiger partial charge in [-0.25, -0.2) is 9.18 Å². The Bertz CT molecular complexity index is 582. The van der Waals surface area contributed by atoms with Crippen LogP contribution in [0.3, 0.4) is 0 Å². The van der Waals surface area contributed by atoms with Crippen molar-refractivity contribution < 1.29 is 14.0 Å². The van der Waals surface area contributed by atoms with Crippen LogP contribution in [0.1, 0.15) is 36.0 Å². The number of likely N-dealkylation sites (tertiary alicyclic amines) is 1. The van der Waals surface area contributed by atoms with Crippen LogP contribution in [0.2, 0.25) is 0 Å². The van der Waals surface area contributed by atoms with E-state index in [0.717, 1.165) is 52.0 Å². The maximum atomic E-state index is 12.9. The lowest BCUT2D eigenvalue weighted by Crippen LogP contribution is -2.46. The van der Waals surface area contributed by atoms with Crippen LogP contribution < -0.4 is 5.32 Å². The standard InChI is InChI=1S/C18H24FN3O2/c19-15-5-3-14(4-6-15)17(23)2-1-10-21-11-7-16(8-12-21)22-13-9-20-18(22)24/h3-6,16H,1-2,7-13H2,(H,20,24). The molecule has 24 heavy (non-hydrogen) atoms. The zero-order valence-electron chi connectivity index (χ0n) is 13.8. The van der Waals surface area contributed by atoms with Gasteiger partial charge in [0.25, 0.3) is 0 Å². The summed E-state index contributed by atoms with van der Waals surface area (Å²) in [5, 5.41) is 2.86. The third-order valence-corrected chi connectivity index (χ3v) is 4.93. The number of nitrogens with one attached hydrogen (secondary N) is 1. The summed E-state index contributed by atoms with van der Waals surface area (Å²) in [5.41, 5.74) is 0.579. The molecule has 1 aromatic carbocycles. The maximum absolute atomic E-state index is 12.9. The zero-order chi connectivity index (χ0) is 16.9. The lowest BCUT2D eigenvalue weighted by molar-refractivity contribution is 0.0965. The number of rotatable bonds is 6. The van der Waals surface area contributed by atoms with Crippen molar-refractivity contribution in [2.45, 2.75) is 31.7 Å². The van der Waals surface area contributed by atoms with Crippen LogP contribution in [0.25, 0.3) is 0 Å². The topological polar surface area (TPSA) is 52.7 Å². The lowest BCUT2D eigenvalue weighted by atomic mass is 10.0. The summed E-state index contributed by atoms with van der Waals surface area (Å²) in [6, 6.07) is 6.16. The Kier molecular flexibility index (Phi) is 5.45. The van der Waals surface area contributed by atoms with E-state index < -0.39 is 0 Å². The molecule has 1 N–H and O–H groups in total. The fourth-order valence-electron chi connectivity index (χ4n) is 3.53. The smallest absolute Gasteiger partial charge is 0.317 e. The molecule has 2 fully saturated rings. The number of halogens is 1. The molecule has 0 atom stereocenters. The largest absolute Gasteiger partial charge is 0.336 e. The van der Waals surface area contributed by atoms with Crippen molar-refractivity contribution in [1.29, 1.82) is 0 Å². The van der Waals surface area contributed by atoms with E-state index in [1.165, 1.54) is 12.1 Å². The summed E-state index contributed by atoms with van der Waals surface area (Å²) in [6.45, 7) is 4.41. The number of nitrogens with zero attached hydrogens (tertiary/aromatic N) is 2. The second-order valence-corrected chi connectivity index (χ2v) is 6.53. The van der Waals surface area contributed by atoms with Gasteiger partial charge in [-0.3, -0.25) is 4.79 Å². The molecule has 1 aromatic rings. The highest BCUT2D eigenvalue weighted by atomic mass is 19.1. The predicted molar refractivity (Wildman–Crippen MR) is 89.5 cm³/mol. The third-order valence-electron chi connectivity index (χ3n) is 4.93. The molecule has 0 radical (unpaired) electrons. The normalized spacial score (nSPS) is 19.5. The van der Waals surface area contributed by atoms with Crippen molar-refractivity contribution >= 4 is 11.8 Å². The molecule has 0 bridgehead atoms. The van der Waals surface area contributed by atoms with E-state index in [1.807, 2.05) is 4.90 Å². The van der Waals surface area contributed by atoms with E-state index in [2.05, 4.69) is 10.2 Å². The number of hydrogen-bond donors (Lipinski definition) is 1. The Morgan fingerprint density at radius 2 is 1.88 bits per heavy atom. The lowest BCUT2D eigenvalue weighted by Gasteiger charge is -2.36. The fraction of sp³-hybridized carbons (Fsp3) is 0.556. The van der Waals surface area contributed by atoms with Gasteiger partial charge in [0.15, 0.2) is 5.78 Å². The first-order chi connectivity index (χ1) is 11.6. The van der Waals surface area contributed by atoms with Crippen LogP contribution in [-0.2, 0) is 0 Å². The maximum Gasteiger partial charge on any atom is 0.317 e. The van der Waals surface area contributed by atoms with Gasteiger partial charge in [-0.2, -0.15) is 0 Å². The Morgan fingerprint density at radius 1 is 1.17 bits per heavy atom. The molecule has 0 unspecified atom stereocenters. The molecule has 3 rings (SSSR count). The monoisotopic (exact) mass is 333 g/mol. The quantitative estimate of drug-likeness (QED) is 0.813. The first-order valence-corrected chi connectivity index (χ1v) is 8.69. The minimum Gasteiger partial charge on any atom is -0.336 e. The van der Waals surface area contributed by atoms with Gasteiger partial charge in [-0.15, -0.1) is 0 Å². The molecule has 5 nitrogen and oxygen atoms in total. The highest BCUT2D eigenvalue weighted by molar-refractivity contribution is 5.95. The van der Waals surface area contributed by atoms with E-state index in [0.29, 0.717) is 18.0 Å². The van der Waals surface area contributed by atoms with E-state index in [-0.39, 0.29) is 17.6 Å². The third kappa shape index (κ3) is 4.12. The van der Waals surface area contributed by atoms with E-state index >= 15 is 0 Å². The molecule has 2 aliphatic heterocycles. The molecule has 2 heterocycles. The first-order valence-electron chi connectivity index (χ1n) is 8.69. The van der Waals surface area contributed by atoms with Crippen molar-refractivity contribution in [2.24, 2.45) is 0 Å². The Hall–Kier alpha value is -1.95. The summed E-state index contributed by atoms with van der Waals surface area (Å²) in [4.78, 5) is 28.1. The van der Waals surface area contributed by atoms with Crippen LogP contribution >= 0.6 is 0 Å². The van der Waals surface area contributed by atoms with Gasteiger partial charge >= 0.3 is 6.03 Å². The van der Waals surface area contributed by atoms with E-state index in [9.17, 15) is 14.0 Å². The van der Waals surface area contributed by atoms with Crippen molar-refractivity contribution in [3.8, 4) is 0 Å². The predicted octanol–water partition coefficient (Wildman–Crippen LogP) is 2.28. The Morgan fingerprint density at radius 3 is 2.50 bits per heavy atom. The molecule has 0 saturated carbocycles. The van der Waals surface area contributed by atoms with Gasteiger partial charge in [-0.05, 0) is 50.1 Å². The molecule has 6 heteroatoms. The van der Waals surface area contributed by atoms with Crippen LogP contribution in [-0.4, -0.2) is 60.4 Å². The summed E-state index contributed by atoms with van der Waals surface area (Å²) >= 11 is 0. The average molecular weight is 333 g/mol. The number of amides is 2. The van der Waals surface area contributed by atoms with E-state index in [4.69, 9.17) is 0 Å².